The first-order valence-corrected chi connectivity index (χ1v) is 6.69. The van der Waals surface area contributed by atoms with Crippen LogP contribution in [0.25, 0.3) is 5.65 Å². The van der Waals surface area contributed by atoms with Crippen molar-refractivity contribution in [3.8, 4) is 5.88 Å². The summed E-state index contributed by atoms with van der Waals surface area (Å²) < 4.78 is 7.86. The van der Waals surface area contributed by atoms with Gasteiger partial charge >= 0.3 is 0 Å². The maximum Gasteiger partial charge on any atom is 0.199 e. The molecule has 2 aromatic rings. The molecule has 1 aliphatic heterocycles. The van der Waals surface area contributed by atoms with Gasteiger partial charge in [-0.05, 0) is 50.4 Å². The number of nitrogens with one attached hydrogen (secondary N) is 1. The van der Waals surface area contributed by atoms with Gasteiger partial charge in [0.1, 0.15) is 5.65 Å². The molecule has 0 saturated carbocycles. The molecule has 0 aliphatic carbocycles. The van der Waals surface area contributed by atoms with Crippen molar-refractivity contribution >= 4 is 5.65 Å². The number of piperidine rings is 1. The Kier molecular flexibility index (Phi) is 3.46. The SMILES string of the molecule is c1cc(OCCC2CCCNC2)n2ccnc2c1. The van der Waals surface area contributed by atoms with Crippen LogP contribution in [0, 0.1) is 5.92 Å². The molecule has 0 radical (unpaired) electrons. The molecule has 0 aromatic carbocycles. The normalized spacial score (nSPS) is 20.1. The Labute approximate surface area is 107 Å². The molecular formula is C14H19N3O. The highest BCUT2D eigenvalue weighted by Gasteiger charge is 2.12. The van der Waals surface area contributed by atoms with E-state index in [-0.39, 0.29) is 0 Å². The number of aromatic nitrogens is 2. The monoisotopic (exact) mass is 245 g/mol. The van der Waals surface area contributed by atoms with Crippen LogP contribution in [0.5, 0.6) is 5.88 Å². The summed E-state index contributed by atoms with van der Waals surface area (Å²) in [5.74, 6) is 1.65. The van der Waals surface area contributed by atoms with Crippen molar-refractivity contribution in [2.75, 3.05) is 19.7 Å². The number of imidazole rings is 1. The van der Waals surface area contributed by atoms with Gasteiger partial charge in [0.15, 0.2) is 5.88 Å². The zero-order valence-electron chi connectivity index (χ0n) is 10.5. The fraction of sp³-hybridized carbons (Fsp3) is 0.500. The Morgan fingerprint density at radius 1 is 1.44 bits per heavy atom. The third kappa shape index (κ3) is 2.48. The molecular weight excluding hydrogens is 226 g/mol. The minimum Gasteiger partial charge on any atom is -0.479 e. The van der Waals surface area contributed by atoms with Gasteiger partial charge in [-0.1, -0.05) is 6.07 Å². The summed E-state index contributed by atoms with van der Waals surface area (Å²) in [5.41, 5.74) is 0.937. The van der Waals surface area contributed by atoms with Gasteiger partial charge in [-0.2, -0.15) is 0 Å². The number of fused-ring (bicyclic) bond motifs is 1. The first-order chi connectivity index (χ1) is 8.93. The highest BCUT2D eigenvalue weighted by atomic mass is 16.5. The lowest BCUT2D eigenvalue weighted by Gasteiger charge is -2.22. The van der Waals surface area contributed by atoms with Crippen LogP contribution in [0.15, 0.2) is 30.6 Å². The first kappa shape index (κ1) is 11.5. The standard InChI is InChI=1S/C14H19N3O/c1-4-13-16-8-9-17(13)14(5-1)18-10-6-12-3-2-7-15-11-12/h1,4-5,8-9,12,15H,2-3,6-7,10-11H2. The van der Waals surface area contributed by atoms with Gasteiger partial charge < -0.3 is 10.1 Å². The van der Waals surface area contributed by atoms with Crippen molar-refractivity contribution in [1.82, 2.24) is 14.7 Å². The summed E-state index contributed by atoms with van der Waals surface area (Å²) in [4.78, 5) is 4.25. The number of pyridine rings is 1. The molecule has 1 atom stereocenters. The van der Waals surface area contributed by atoms with Crippen LogP contribution in [0.3, 0.4) is 0 Å². The Hall–Kier alpha value is -1.55. The molecule has 3 rings (SSSR count). The zero-order chi connectivity index (χ0) is 12.2. The maximum atomic E-state index is 5.88. The molecule has 3 heterocycles. The predicted molar refractivity (Wildman–Crippen MR) is 70.9 cm³/mol. The minimum absolute atomic E-state index is 0.765. The van der Waals surface area contributed by atoms with Gasteiger partial charge in [0, 0.05) is 12.4 Å². The Morgan fingerprint density at radius 3 is 3.33 bits per heavy atom. The van der Waals surface area contributed by atoms with Crippen LogP contribution in [0.2, 0.25) is 0 Å². The Balaban J connectivity index is 1.57. The van der Waals surface area contributed by atoms with Gasteiger partial charge in [-0.25, -0.2) is 4.98 Å². The maximum absolute atomic E-state index is 5.88. The van der Waals surface area contributed by atoms with E-state index >= 15 is 0 Å². The van der Waals surface area contributed by atoms with Crippen molar-refractivity contribution in [3.63, 3.8) is 0 Å². The number of ether oxygens (including phenoxy) is 1. The number of hydrogen-bond donors (Lipinski definition) is 1. The quantitative estimate of drug-likeness (QED) is 0.896. The molecule has 1 unspecified atom stereocenters. The average molecular weight is 245 g/mol. The fourth-order valence-electron chi connectivity index (χ4n) is 2.54. The lowest BCUT2D eigenvalue weighted by atomic mass is 9.97. The summed E-state index contributed by atoms with van der Waals surface area (Å²) in [7, 11) is 0. The molecule has 1 fully saturated rings. The van der Waals surface area contributed by atoms with Crippen molar-refractivity contribution < 1.29 is 4.74 Å². The van der Waals surface area contributed by atoms with E-state index in [4.69, 9.17) is 4.74 Å². The summed E-state index contributed by atoms with van der Waals surface area (Å²) in [5, 5.41) is 3.44. The highest BCUT2D eigenvalue weighted by molar-refractivity contribution is 5.41. The molecule has 4 nitrogen and oxygen atoms in total. The first-order valence-electron chi connectivity index (χ1n) is 6.69. The van der Waals surface area contributed by atoms with Crippen LogP contribution in [-0.2, 0) is 0 Å². The molecule has 96 valence electrons. The molecule has 0 amide bonds. The molecule has 18 heavy (non-hydrogen) atoms. The van der Waals surface area contributed by atoms with Crippen molar-refractivity contribution in [2.45, 2.75) is 19.3 Å². The third-order valence-electron chi connectivity index (χ3n) is 3.57. The van der Waals surface area contributed by atoms with Gasteiger partial charge in [0.05, 0.1) is 6.61 Å². The summed E-state index contributed by atoms with van der Waals surface area (Å²) >= 11 is 0. The molecule has 0 spiro atoms. The predicted octanol–water partition coefficient (Wildman–Crippen LogP) is 2.10. The summed E-state index contributed by atoms with van der Waals surface area (Å²) in [6.45, 7) is 3.09. The molecule has 4 heteroatoms. The molecule has 0 bridgehead atoms. The van der Waals surface area contributed by atoms with E-state index in [0.29, 0.717) is 0 Å². The van der Waals surface area contributed by atoms with Crippen LogP contribution >= 0.6 is 0 Å². The van der Waals surface area contributed by atoms with Crippen LogP contribution in [-0.4, -0.2) is 29.1 Å². The van der Waals surface area contributed by atoms with Crippen molar-refractivity contribution in [1.29, 1.82) is 0 Å². The van der Waals surface area contributed by atoms with E-state index in [1.54, 1.807) is 6.20 Å². The zero-order valence-corrected chi connectivity index (χ0v) is 10.5. The van der Waals surface area contributed by atoms with E-state index in [1.807, 2.05) is 28.8 Å². The highest BCUT2D eigenvalue weighted by Crippen LogP contribution is 2.17. The van der Waals surface area contributed by atoms with E-state index in [1.165, 1.54) is 19.4 Å². The topological polar surface area (TPSA) is 38.6 Å². The van der Waals surface area contributed by atoms with Gasteiger partial charge in [-0.15, -0.1) is 0 Å². The lowest BCUT2D eigenvalue weighted by Crippen LogP contribution is -2.30. The second kappa shape index (κ2) is 5.40. The van der Waals surface area contributed by atoms with Crippen LogP contribution < -0.4 is 10.1 Å². The third-order valence-corrected chi connectivity index (χ3v) is 3.57. The molecule has 1 saturated heterocycles. The number of nitrogens with zero attached hydrogens (tertiary/aromatic N) is 2. The summed E-state index contributed by atoms with van der Waals surface area (Å²) in [6, 6.07) is 5.96. The summed E-state index contributed by atoms with van der Waals surface area (Å²) in [6.07, 6.45) is 7.48. The smallest absolute Gasteiger partial charge is 0.199 e. The van der Waals surface area contributed by atoms with Crippen molar-refractivity contribution in [3.05, 3.63) is 30.6 Å². The molecule has 1 aliphatic rings. The van der Waals surface area contributed by atoms with Crippen LogP contribution in [0.1, 0.15) is 19.3 Å². The van der Waals surface area contributed by atoms with Crippen molar-refractivity contribution in [2.24, 2.45) is 5.92 Å². The fourth-order valence-corrected chi connectivity index (χ4v) is 2.54. The second-order valence-corrected chi connectivity index (χ2v) is 4.87. The number of hydrogen-bond acceptors (Lipinski definition) is 3. The largest absolute Gasteiger partial charge is 0.479 e. The van der Waals surface area contributed by atoms with Gasteiger partial charge in [-0.3, -0.25) is 4.40 Å². The van der Waals surface area contributed by atoms with E-state index in [0.717, 1.165) is 37.0 Å². The van der Waals surface area contributed by atoms with Gasteiger partial charge in [0.25, 0.3) is 0 Å². The Morgan fingerprint density at radius 2 is 2.44 bits per heavy atom. The van der Waals surface area contributed by atoms with Crippen LogP contribution in [0.4, 0.5) is 0 Å². The molecule has 1 N–H and O–H groups in total. The van der Waals surface area contributed by atoms with E-state index in [2.05, 4.69) is 10.3 Å². The van der Waals surface area contributed by atoms with E-state index < -0.39 is 0 Å². The Bertz CT molecular complexity index is 502. The minimum atomic E-state index is 0.765. The second-order valence-electron chi connectivity index (χ2n) is 4.87. The lowest BCUT2D eigenvalue weighted by molar-refractivity contribution is 0.245. The number of rotatable bonds is 4. The molecule has 2 aromatic heterocycles. The van der Waals surface area contributed by atoms with E-state index in [9.17, 15) is 0 Å². The van der Waals surface area contributed by atoms with Gasteiger partial charge in [0.2, 0.25) is 0 Å². The average Bonchev–Trinajstić information content (AvgIpc) is 2.89.